The predicted octanol–water partition coefficient (Wildman–Crippen LogP) is 6.19. The molecule has 6 nitrogen and oxygen atoms in total. The number of nitrogens with zero attached hydrogens (tertiary/aromatic N) is 3. The number of pyridine rings is 1. The van der Waals surface area contributed by atoms with Gasteiger partial charge in [0.15, 0.2) is 0 Å². The fourth-order valence-corrected chi connectivity index (χ4v) is 5.75. The van der Waals surface area contributed by atoms with Crippen molar-refractivity contribution < 1.29 is 14.6 Å². The molecule has 2 aliphatic heterocycles. The minimum Gasteiger partial charge on any atom is -0.487 e. The number of aromatic nitrogens is 1. The van der Waals surface area contributed by atoms with E-state index >= 15 is 0 Å². The van der Waals surface area contributed by atoms with Gasteiger partial charge < -0.3 is 19.6 Å². The van der Waals surface area contributed by atoms with Crippen LogP contribution in [0.3, 0.4) is 0 Å². The summed E-state index contributed by atoms with van der Waals surface area (Å²) in [5.41, 5.74) is 5.03. The van der Waals surface area contributed by atoms with E-state index in [-0.39, 0.29) is 11.9 Å². The Hall–Kier alpha value is -3.19. The SMILES string of the molecule is CCC(=O)N(Cc1ccc(Cl)cc1)[C@H]1CCN(CCC=C2c3cc(C(C)(C)O)ccc3OCc3ncccc32)C1. The Labute approximate surface area is 242 Å². The number of halogens is 1. The second-order valence-electron chi connectivity index (χ2n) is 11.2. The molecule has 1 atom stereocenters. The Balaban J connectivity index is 1.33. The lowest BCUT2D eigenvalue weighted by molar-refractivity contribution is -0.133. The number of likely N-dealkylation sites (tertiary alicyclic amines) is 1. The van der Waals surface area contributed by atoms with Crippen molar-refractivity contribution >= 4 is 23.1 Å². The molecule has 0 unspecified atom stereocenters. The van der Waals surface area contributed by atoms with Crippen LogP contribution in [0.2, 0.25) is 5.02 Å². The molecular weight excluding hydrogens is 522 g/mol. The number of amides is 1. The number of fused-ring (bicyclic) bond motifs is 2. The van der Waals surface area contributed by atoms with Crippen LogP contribution in [0.15, 0.2) is 66.9 Å². The molecule has 0 aliphatic carbocycles. The molecule has 0 radical (unpaired) electrons. The van der Waals surface area contributed by atoms with Crippen LogP contribution in [0.1, 0.15) is 68.0 Å². The summed E-state index contributed by atoms with van der Waals surface area (Å²) in [4.78, 5) is 22.0. The maximum atomic E-state index is 12.9. The van der Waals surface area contributed by atoms with Gasteiger partial charge >= 0.3 is 0 Å². The summed E-state index contributed by atoms with van der Waals surface area (Å²) in [5, 5.41) is 11.4. The van der Waals surface area contributed by atoms with Crippen molar-refractivity contribution in [1.29, 1.82) is 0 Å². The molecule has 0 saturated carbocycles. The van der Waals surface area contributed by atoms with Gasteiger partial charge in [0.2, 0.25) is 5.91 Å². The second-order valence-corrected chi connectivity index (χ2v) is 11.6. The van der Waals surface area contributed by atoms with Gasteiger partial charge in [-0.25, -0.2) is 0 Å². The molecule has 7 heteroatoms. The molecule has 2 aromatic carbocycles. The quantitative estimate of drug-likeness (QED) is 0.356. The fraction of sp³-hybridized carbons (Fsp3) is 0.394. The molecule has 3 aromatic rings. The molecule has 210 valence electrons. The number of aliphatic hydroxyl groups is 1. The standard InChI is InChI=1S/C33H38ClN3O3/c1-4-32(38)37(20-23-9-12-25(34)13-10-23)26-15-18-36(21-26)17-6-8-27-28-7-5-16-35-30(28)22-40-31-14-11-24(19-29(27)31)33(2,3)39/h5,7-14,16,19,26,39H,4,6,15,17-18,20-22H2,1-3H3/t26-/m0/s1. The van der Waals surface area contributed by atoms with Gasteiger partial charge in [0.05, 0.1) is 11.3 Å². The number of carbonyl (C=O) groups excluding carboxylic acids is 1. The molecule has 5 rings (SSSR count). The first-order chi connectivity index (χ1) is 19.2. The van der Waals surface area contributed by atoms with Gasteiger partial charge in [0, 0.05) is 61.0 Å². The van der Waals surface area contributed by atoms with Crippen molar-refractivity contribution in [2.75, 3.05) is 19.6 Å². The summed E-state index contributed by atoms with van der Waals surface area (Å²) in [7, 11) is 0. The Morgan fingerprint density at radius 1 is 1.20 bits per heavy atom. The van der Waals surface area contributed by atoms with Crippen LogP contribution in [0.4, 0.5) is 0 Å². The third-order valence-electron chi connectivity index (χ3n) is 7.89. The number of carbonyl (C=O) groups is 1. The van der Waals surface area contributed by atoms with E-state index in [9.17, 15) is 9.90 Å². The van der Waals surface area contributed by atoms with E-state index in [2.05, 4.69) is 22.0 Å². The average molecular weight is 560 g/mol. The Morgan fingerprint density at radius 3 is 2.75 bits per heavy atom. The first-order valence-corrected chi connectivity index (χ1v) is 14.5. The highest BCUT2D eigenvalue weighted by Crippen LogP contribution is 2.38. The van der Waals surface area contributed by atoms with Crippen LogP contribution >= 0.6 is 11.6 Å². The largest absolute Gasteiger partial charge is 0.487 e. The first kappa shape index (κ1) is 28.3. The lowest BCUT2D eigenvalue weighted by Gasteiger charge is -2.29. The van der Waals surface area contributed by atoms with E-state index in [0.29, 0.717) is 24.6 Å². The summed E-state index contributed by atoms with van der Waals surface area (Å²) < 4.78 is 6.14. The summed E-state index contributed by atoms with van der Waals surface area (Å²) in [5.74, 6) is 0.986. The lowest BCUT2D eigenvalue weighted by atomic mass is 9.90. The van der Waals surface area contributed by atoms with E-state index < -0.39 is 5.60 Å². The first-order valence-electron chi connectivity index (χ1n) is 14.1. The molecular formula is C33H38ClN3O3. The van der Waals surface area contributed by atoms with Crippen LogP contribution in [-0.4, -0.2) is 51.5 Å². The number of hydrogen-bond acceptors (Lipinski definition) is 5. The number of benzene rings is 2. The van der Waals surface area contributed by atoms with Crippen LogP contribution < -0.4 is 4.74 Å². The third-order valence-corrected chi connectivity index (χ3v) is 8.14. The topological polar surface area (TPSA) is 65.9 Å². The highest BCUT2D eigenvalue weighted by atomic mass is 35.5. The zero-order valence-electron chi connectivity index (χ0n) is 23.6. The average Bonchev–Trinajstić information content (AvgIpc) is 3.35. The summed E-state index contributed by atoms with van der Waals surface area (Å²) in [6.45, 7) is 9.27. The number of hydrogen-bond donors (Lipinski definition) is 1. The van der Waals surface area contributed by atoms with Gasteiger partial charge in [-0.1, -0.05) is 48.9 Å². The Bertz CT molecular complexity index is 1380. The van der Waals surface area contributed by atoms with Crippen molar-refractivity contribution in [2.45, 2.75) is 64.8 Å². The van der Waals surface area contributed by atoms with Gasteiger partial charge in [0.25, 0.3) is 0 Å². The van der Waals surface area contributed by atoms with Crippen LogP contribution in [0.25, 0.3) is 5.57 Å². The molecule has 1 amide bonds. The molecule has 3 heterocycles. The normalized spacial score (nSPS) is 18.1. The third kappa shape index (κ3) is 6.41. The van der Waals surface area contributed by atoms with Gasteiger partial charge in [-0.3, -0.25) is 9.78 Å². The fourth-order valence-electron chi connectivity index (χ4n) is 5.63. The van der Waals surface area contributed by atoms with Gasteiger partial charge in [-0.05, 0) is 73.7 Å². The van der Waals surface area contributed by atoms with Crippen LogP contribution in [0.5, 0.6) is 5.75 Å². The molecule has 40 heavy (non-hydrogen) atoms. The maximum absolute atomic E-state index is 12.9. The van der Waals surface area contributed by atoms with Crippen molar-refractivity contribution in [2.24, 2.45) is 0 Å². The Morgan fingerprint density at radius 2 is 2.00 bits per heavy atom. The summed E-state index contributed by atoms with van der Waals surface area (Å²) in [6, 6.07) is 17.9. The minimum absolute atomic E-state index is 0.186. The van der Waals surface area contributed by atoms with Crippen LogP contribution in [-0.2, 0) is 23.5 Å². The minimum atomic E-state index is -0.956. The zero-order valence-corrected chi connectivity index (χ0v) is 24.3. The number of rotatable bonds is 8. The maximum Gasteiger partial charge on any atom is 0.222 e. The van der Waals surface area contributed by atoms with E-state index in [1.165, 1.54) is 0 Å². The molecule has 2 aliphatic rings. The van der Waals surface area contributed by atoms with Crippen molar-refractivity contribution in [1.82, 2.24) is 14.8 Å². The molecule has 1 N–H and O–H groups in total. The highest BCUT2D eigenvalue weighted by molar-refractivity contribution is 6.30. The van der Waals surface area contributed by atoms with E-state index in [1.807, 2.05) is 60.4 Å². The zero-order chi connectivity index (χ0) is 28.3. The lowest BCUT2D eigenvalue weighted by Crippen LogP contribution is -2.41. The van der Waals surface area contributed by atoms with Gasteiger partial charge in [-0.2, -0.15) is 0 Å². The monoisotopic (exact) mass is 559 g/mol. The second kappa shape index (κ2) is 12.1. The highest BCUT2D eigenvalue weighted by Gasteiger charge is 2.30. The summed E-state index contributed by atoms with van der Waals surface area (Å²) >= 11 is 6.07. The molecule has 0 spiro atoms. The molecule has 1 fully saturated rings. The van der Waals surface area contributed by atoms with E-state index in [0.717, 1.165) is 71.7 Å². The molecule has 1 aromatic heterocycles. The predicted molar refractivity (Wildman–Crippen MR) is 159 cm³/mol. The number of ether oxygens (including phenoxy) is 1. The van der Waals surface area contributed by atoms with Gasteiger partial charge in [0.1, 0.15) is 12.4 Å². The van der Waals surface area contributed by atoms with Crippen molar-refractivity contribution in [3.63, 3.8) is 0 Å². The Kier molecular flexibility index (Phi) is 8.60. The van der Waals surface area contributed by atoms with E-state index in [4.69, 9.17) is 16.3 Å². The molecule has 1 saturated heterocycles. The smallest absolute Gasteiger partial charge is 0.222 e. The van der Waals surface area contributed by atoms with E-state index in [1.54, 1.807) is 20.0 Å². The van der Waals surface area contributed by atoms with Crippen molar-refractivity contribution in [3.8, 4) is 5.75 Å². The van der Waals surface area contributed by atoms with Gasteiger partial charge in [-0.15, -0.1) is 0 Å². The summed E-state index contributed by atoms with van der Waals surface area (Å²) in [6.07, 6.45) is 6.39. The molecule has 0 bridgehead atoms. The van der Waals surface area contributed by atoms with Crippen molar-refractivity contribution in [3.05, 3.63) is 99.8 Å². The van der Waals surface area contributed by atoms with Crippen LogP contribution in [0, 0.1) is 0 Å².